The quantitative estimate of drug-likeness (QED) is 0.351. The summed E-state index contributed by atoms with van der Waals surface area (Å²) in [7, 11) is 2.39. The molecular weight excluding hydrogens is 390 g/mol. The zero-order valence-corrected chi connectivity index (χ0v) is 15.9. The van der Waals surface area contributed by atoms with E-state index < -0.39 is 17.9 Å². The monoisotopic (exact) mass is 403 g/mol. The lowest BCUT2D eigenvalue weighted by molar-refractivity contribution is -0.154. The first-order valence-electron chi connectivity index (χ1n) is 7.53. The van der Waals surface area contributed by atoms with Crippen LogP contribution >= 0.6 is 22.7 Å². The molecule has 0 fully saturated rings. The molecule has 3 rings (SSSR count). The summed E-state index contributed by atoms with van der Waals surface area (Å²) in [5.41, 5.74) is 2.79. The molecule has 0 aliphatic rings. The Hall–Kier alpha value is -3.05. The zero-order chi connectivity index (χ0) is 19.2. The molecule has 1 aromatic carbocycles. The van der Waals surface area contributed by atoms with E-state index in [1.165, 1.54) is 31.1 Å². The molecule has 2 aromatic heterocycles. The molecule has 3 aromatic rings. The fourth-order valence-electron chi connectivity index (χ4n) is 2.14. The highest BCUT2D eigenvalue weighted by Gasteiger charge is 2.35. The van der Waals surface area contributed by atoms with Crippen molar-refractivity contribution in [1.82, 2.24) is 15.2 Å². The van der Waals surface area contributed by atoms with Gasteiger partial charge in [-0.05, 0) is 0 Å². The molecule has 0 saturated heterocycles. The van der Waals surface area contributed by atoms with E-state index >= 15 is 0 Å². The average molecular weight is 403 g/mol. The van der Waals surface area contributed by atoms with Crippen LogP contribution in [0.4, 0.5) is 10.1 Å². The summed E-state index contributed by atoms with van der Waals surface area (Å²) in [4.78, 5) is 28.6. The Morgan fingerprint density at radius 2 is 1.78 bits per heavy atom. The summed E-state index contributed by atoms with van der Waals surface area (Å²) < 4.78 is 9.44. The molecule has 0 unspecified atom stereocenters. The van der Waals surface area contributed by atoms with Gasteiger partial charge in [0.05, 0.1) is 14.2 Å². The zero-order valence-electron chi connectivity index (χ0n) is 14.2. The molecule has 0 N–H and O–H groups in total. The fraction of sp³-hybridized carbons (Fsp3) is 0.188. The predicted molar refractivity (Wildman–Crippen MR) is 98.4 cm³/mol. The number of azo groups is 1. The molecule has 0 aliphatic heterocycles. The molecule has 11 heteroatoms. The van der Waals surface area contributed by atoms with Crippen LogP contribution < -0.4 is 0 Å². The maximum Gasteiger partial charge on any atom is 0.327 e. The Morgan fingerprint density at radius 1 is 1.07 bits per heavy atom. The van der Waals surface area contributed by atoms with E-state index in [9.17, 15) is 9.59 Å². The minimum Gasteiger partial charge on any atom is -0.468 e. The molecule has 9 nitrogen and oxygen atoms in total. The van der Waals surface area contributed by atoms with E-state index in [1.54, 1.807) is 0 Å². The number of thiazole rings is 1. The van der Waals surface area contributed by atoms with Gasteiger partial charge in [-0.25, -0.2) is 4.98 Å². The van der Waals surface area contributed by atoms with Gasteiger partial charge in [0.25, 0.3) is 5.13 Å². The average Bonchev–Trinajstić information content (AvgIpc) is 3.36. The topological polar surface area (TPSA) is 116 Å². The number of ether oxygens (including phenoxy) is 2. The van der Waals surface area contributed by atoms with Crippen LogP contribution in [0, 0.1) is 0 Å². The van der Waals surface area contributed by atoms with E-state index in [2.05, 4.69) is 25.4 Å². The van der Waals surface area contributed by atoms with E-state index in [4.69, 9.17) is 9.47 Å². The number of carbonyl (C=O) groups excluding carboxylic acids is 2. The number of esters is 2. The standard InChI is InChI=1S/C16H13N5O4S2/c1-24-14(22)10(15(23)25-2)12-18-11(9-6-4-3-5-7-9)13(27-12)19-21-16-20-17-8-26-16/h3-8,10H,1-2H3. The summed E-state index contributed by atoms with van der Waals surface area (Å²) in [6.07, 6.45) is 0. The van der Waals surface area contributed by atoms with Crippen molar-refractivity contribution in [3.05, 3.63) is 40.8 Å². The van der Waals surface area contributed by atoms with Gasteiger partial charge in [-0.2, -0.15) is 0 Å². The van der Waals surface area contributed by atoms with Gasteiger partial charge in [0.15, 0.2) is 5.00 Å². The van der Waals surface area contributed by atoms with Crippen LogP contribution in [0.15, 0.2) is 46.1 Å². The Bertz CT molecular complexity index is 941. The van der Waals surface area contributed by atoms with Crippen LogP contribution in [0.1, 0.15) is 10.9 Å². The molecule has 0 spiro atoms. The minimum absolute atomic E-state index is 0.207. The fourth-order valence-corrected chi connectivity index (χ4v) is 3.49. The molecule has 0 radical (unpaired) electrons. The number of hydrogen-bond acceptors (Lipinski definition) is 11. The molecule has 138 valence electrons. The number of hydrogen-bond donors (Lipinski definition) is 0. The predicted octanol–water partition coefficient (Wildman–Crippen LogP) is 3.51. The van der Waals surface area contributed by atoms with Crippen molar-refractivity contribution < 1.29 is 19.1 Å². The van der Waals surface area contributed by atoms with Crippen LogP contribution in [-0.2, 0) is 19.1 Å². The lowest BCUT2D eigenvalue weighted by atomic mass is 10.1. The smallest absolute Gasteiger partial charge is 0.327 e. The van der Waals surface area contributed by atoms with Gasteiger partial charge >= 0.3 is 11.9 Å². The highest BCUT2D eigenvalue weighted by atomic mass is 32.1. The maximum absolute atomic E-state index is 12.1. The first-order valence-corrected chi connectivity index (χ1v) is 9.23. The summed E-state index contributed by atoms with van der Waals surface area (Å²) in [6, 6.07) is 9.24. The van der Waals surface area contributed by atoms with Gasteiger partial charge < -0.3 is 9.47 Å². The third kappa shape index (κ3) is 4.20. The van der Waals surface area contributed by atoms with Gasteiger partial charge in [0, 0.05) is 5.56 Å². The Morgan fingerprint density at radius 3 is 2.37 bits per heavy atom. The molecule has 0 atom stereocenters. The number of nitrogens with zero attached hydrogens (tertiary/aromatic N) is 5. The van der Waals surface area contributed by atoms with Gasteiger partial charge in [0.1, 0.15) is 16.2 Å². The normalized spacial score (nSPS) is 11.1. The summed E-state index contributed by atoms with van der Waals surface area (Å²) in [5, 5.41) is 16.7. The van der Waals surface area contributed by atoms with E-state index in [0.29, 0.717) is 15.8 Å². The van der Waals surface area contributed by atoms with Gasteiger partial charge in [-0.15, -0.1) is 20.4 Å². The molecule has 0 amide bonds. The first-order chi connectivity index (χ1) is 13.1. The summed E-state index contributed by atoms with van der Waals surface area (Å²) in [6.45, 7) is 0. The second kappa shape index (κ2) is 8.56. The van der Waals surface area contributed by atoms with Crippen molar-refractivity contribution in [3.8, 4) is 11.3 Å². The molecule has 0 aliphatic carbocycles. The highest BCUT2D eigenvalue weighted by Crippen LogP contribution is 2.39. The van der Waals surface area contributed by atoms with Crippen LogP contribution in [0.5, 0.6) is 0 Å². The number of methoxy groups -OCH3 is 2. The van der Waals surface area contributed by atoms with Gasteiger partial charge in [-0.3, -0.25) is 9.59 Å². The van der Waals surface area contributed by atoms with Gasteiger partial charge in [0.2, 0.25) is 5.92 Å². The van der Waals surface area contributed by atoms with Crippen molar-refractivity contribution in [2.75, 3.05) is 14.2 Å². The van der Waals surface area contributed by atoms with Crippen LogP contribution in [-0.4, -0.2) is 41.3 Å². The van der Waals surface area contributed by atoms with Crippen LogP contribution in [0.3, 0.4) is 0 Å². The van der Waals surface area contributed by atoms with Crippen LogP contribution in [0.25, 0.3) is 11.3 Å². The lowest BCUT2D eigenvalue weighted by Crippen LogP contribution is -2.24. The number of aromatic nitrogens is 3. The van der Waals surface area contributed by atoms with E-state index in [-0.39, 0.29) is 5.01 Å². The van der Waals surface area contributed by atoms with Crippen molar-refractivity contribution in [3.63, 3.8) is 0 Å². The Balaban J connectivity index is 2.08. The largest absolute Gasteiger partial charge is 0.468 e. The minimum atomic E-state index is -1.29. The maximum atomic E-state index is 12.1. The first kappa shape index (κ1) is 18.7. The Labute approximate surface area is 161 Å². The molecule has 27 heavy (non-hydrogen) atoms. The summed E-state index contributed by atoms with van der Waals surface area (Å²) >= 11 is 2.28. The van der Waals surface area contributed by atoms with E-state index in [0.717, 1.165) is 16.9 Å². The molecular formula is C16H13N5O4S2. The third-order valence-electron chi connectivity index (χ3n) is 3.37. The second-order valence-electron chi connectivity index (χ2n) is 4.97. The SMILES string of the molecule is COC(=O)C(C(=O)OC)c1nc(-c2ccccc2)c(N=Nc2nncs2)s1. The lowest BCUT2D eigenvalue weighted by Gasteiger charge is -2.08. The van der Waals surface area contributed by atoms with E-state index in [1.807, 2.05) is 30.3 Å². The number of rotatable bonds is 6. The third-order valence-corrected chi connectivity index (χ3v) is 4.95. The number of benzene rings is 1. The van der Waals surface area contributed by atoms with Crippen molar-refractivity contribution in [1.29, 1.82) is 0 Å². The molecule has 0 bridgehead atoms. The van der Waals surface area contributed by atoms with Crippen molar-refractivity contribution in [2.45, 2.75) is 5.92 Å². The van der Waals surface area contributed by atoms with Crippen LogP contribution in [0.2, 0.25) is 0 Å². The highest BCUT2D eigenvalue weighted by molar-refractivity contribution is 7.16. The second-order valence-corrected chi connectivity index (χ2v) is 6.79. The molecule has 0 saturated carbocycles. The summed E-state index contributed by atoms with van der Waals surface area (Å²) in [5.74, 6) is -2.82. The van der Waals surface area contributed by atoms with Gasteiger partial charge in [-0.1, -0.05) is 53.0 Å². The van der Waals surface area contributed by atoms with Crippen molar-refractivity contribution in [2.24, 2.45) is 10.2 Å². The number of carbonyl (C=O) groups is 2. The molecule has 2 heterocycles. The Kier molecular flexibility index (Phi) is 5.94. The van der Waals surface area contributed by atoms with Crippen molar-refractivity contribution >= 4 is 44.7 Å².